The smallest absolute Gasteiger partial charge is 0.212 e. The van der Waals surface area contributed by atoms with Crippen LogP contribution in [-0.4, -0.2) is 49.4 Å². The molecular weight excluding hydrogens is 462 g/mol. The second-order valence-electron chi connectivity index (χ2n) is 8.66. The molecule has 3 N–H and O–H groups in total. The number of carbonyl (C=O) groups excluding carboxylic acids is 1. The number of benzene rings is 1. The first-order chi connectivity index (χ1) is 16.8. The number of nitrogens with zero attached hydrogens (tertiary/aromatic N) is 6. The zero-order chi connectivity index (χ0) is 25.1. The van der Waals surface area contributed by atoms with Crippen LogP contribution in [0, 0.1) is 19.8 Å². The lowest BCUT2D eigenvalue weighted by Gasteiger charge is -2.21. The summed E-state index contributed by atoms with van der Waals surface area (Å²) in [6.07, 6.45) is 5.58. The summed E-state index contributed by atoms with van der Waals surface area (Å²) in [4.78, 5) is 27.5. The van der Waals surface area contributed by atoms with Crippen molar-refractivity contribution in [3.63, 3.8) is 0 Å². The molecule has 1 aliphatic rings. The summed E-state index contributed by atoms with van der Waals surface area (Å²) in [5, 5.41) is 10.4. The van der Waals surface area contributed by atoms with Gasteiger partial charge >= 0.3 is 0 Å². The number of anilines is 4. The molecule has 11 heteroatoms. The molecular formula is C24H31N9OS. The lowest BCUT2D eigenvalue weighted by atomic mass is 10.1. The quantitative estimate of drug-likeness (QED) is 0.248. The Balaban J connectivity index is 0.000000656. The van der Waals surface area contributed by atoms with Crippen LogP contribution in [-0.2, 0) is 11.8 Å². The van der Waals surface area contributed by atoms with Crippen LogP contribution in [0.2, 0.25) is 0 Å². The van der Waals surface area contributed by atoms with Crippen molar-refractivity contribution in [1.82, 2.24) is 29.7 Å². The Kier molecular flexibility index (Phi) is 7.25. The van der Waals surface area contributed by atoms with Gasteiger partial charge in [-0.15, -0.1) is 0 Å². The van der Waals surface area contributed by atoms with Crippen LogP contribution in [0.25, 0.3) is 22.6 Å². The number of amides is 1. The number of rotatable bonds is 7. The first-order valence-corrected chi connectivity index (χ1v) is 12.6. The van der Waals surface area contributed by atoms with Crippen LogP contribution < -0.4 is 14.9 Å². The molecule has 0 saturated heterocycles. The van der Waals surface area contributed by atoms with E-state index in [0.29, 0.717) is 17.9 Å². The van der Waals surface area contributed by atoms with Gasteiger partial charge in [0.15, 0.2) is 11.5 Å². The van der Waals surface area contributed by atoms with E-state index in [0.717, 1.165) is 51.5 Å². The van der Waals surface area contributed by atoms with Gasteiger partial charge in [0.25, 0.3) is 0 Å². The predicted octanol–water partition coefficient (Wildman–Crippen LogP) is 4.81. The standard InChI is InChI=1S/C20H23N9OS.C4H8/c1-11-22-18-15(9-17(21-10-30)26-19(18)23-11)25-14-7-6-13(8-16(14)29(4)31-5)20-24-12(2)27-28(20)3;1-4-2-3-4/h6-10H,1-5H3,(H3,21,22,23,25,26,30);4H,2-3H2,1H3. The van der Waals surface area contributed by atoms with Gasteiger partial charge < -0.3 is 19.9 Å². The van der Waals surface area contributed by atoms with Gasteiger partial charge in [0, 0.05) is 32.0 Å². The maximum atomic E-state index is 10.9. The van der Waals surface area contributed by atoms with E-state index < -0.39 is 0 Å². The Hall–Kier alpha value is -3.60. The summed E-state index contributed by atoms with van der Waals surface area (Å²) in [7, 11) is 3.88. The molecule has 1 aliphatic carbocycles. The van der Waals surface area contributed by atoms with Crippen molar-refractivity contribution in [3.05, 3.63) is 35.9 Å². The van der Waals surface area contributed by atoms with Gasteiger partial charge in [-0.25, -0.2) is 19.6 Å². The Labute approximate surface area is 209 Å². The van der Waals surface area contributed by atoms with Gasteiger partial charge in [-0.1, -0.05) is 31.7 Å². The number of nitrogens with one attached hydrogen (secondary N) is 3. The average molecular weight is 494 g/mol. The van der Waals surface area contributed by atoms with Gasteiger partial charge in [0.1, 0.15) is 23.0 Å². The molecule has 0 aliphatic heterocycles. The average Bonchev–Trinajstić information content (AvgIpc) is 3.39. The third-order valence-electron chi connectivity index (χ3n) is 5.66. The molecule has 0 radical (unpaired) electrons. The number of pyridine rings is 1. The van der Waals surface area contributed by atoms with Gasteiger partial charge in [-0.3, -0.25) is 4.79 Å². The number of H-pyrrole nitrogens is 1. The van der Waals surface area contributed by atoms with E-state index in [1.165, 1.54) is 12.8 Å². The van der Waals surface area contributed by atoms with E-state index >= 15 is 0 Å². The number of aromatic nitrogens is 6. The van der Waals surface area contributed by atoms with E-state index in [-0.39, 0.29) is 0 Å². The zero-order valence-electron chi connectivity index (χ0n) is 20.9. The molecule has 3 heterocycles. The highest BCUT2D eigenvalue weighted by molar-refractivity contribution is 7.99. The molecule has 3 aromatic heterocycles. The molecule has 35 heavy (non-hydrogen) atoms. The number of hydrogen-bond acceptors (Lipinski definition) is 8. The molecule has 1 fully saturated rings. The van der Waals surface area contributed by atoms with Gasteiger partial charge in [-0.05, 0) is 38.0 Å². The van der Waals surface area contributed by atoms with Crippen LogP contribution in [0.5, 0.6) is 0 Å². The van der Waals surface area contributed by atoms with Crippen molar-refractivity contribution in [3.8, 4) is 11.4 Å². The molecule has 0 spiro atoms. The number of aromatic amines is 1. The Morgan fingerprint density at radius 2 is 1.91 bits per heavy atom. The molecule has 4 aromatic rings. The highest BCUT2D eigenvalue weighted by Gasteiger charge is 2.16. The topological polar surface area (TPSA) is 117 Å². The van der Waals surface area contributed by atoms with E-state index in [2.05, 4.69) is 53.0 Å². The molecule has 1 aromatic carbocycles. The summed E-state index contributed by atoms with van der Waals surface area (Å²) >= 11 is 1.59. The molecule has 1 saturated carbocycles. The predicted molar refractivity (Wildman–Crippen MR) is 143 cm³/mol. The number of fused-ring (bicyclic) bond motifs is 1. The van der Waals surface area contributed by atoms with Gasteiger partial charge in [0.2, 0.25) is 6.41 Å². The lowest BCUT2D eigenvalue weighted by molar-refractivity contribution is -0.105. The molecule has 0 bridgehead atoms. The van der Waals surface area contributed by atoms with Crippen molar-refractivity contribution in [1.29, 1.82) is 0 Å². The number of hydrogen-bond donors (Lipinski definition) is 3. The summed E-state index contributed by atoms with van der Waals surface area (Å²) in [6.45, 7) is 6.02. The zero-order valence-corrected chi connectivity index (χ0v) is 21.7. The van der Waals surface area contributed by atoms with Crippen molar-refractivity contribution in [2.45, 2.75) is 33.6 Å². The maximum absolute atomic E-state index is 10.9. The number of carbonyl (C=O) groups is 1. The van der Waals surface area contributed by atoms with Crippen molar-refractivity contribution in [2.24, 2.45) is 13.0 Å². The van der Waals surface area contributed by atoms with Crippen molar-refractivity contribution in [2.75, 3.05) is 28.2 Å². The van der Waals surface area contributed by atoms with E-state index in [1.54, 1.807) is 22.7 Å². The first kappa shape index (κ1) is 24.5. The summed E-state index contributed by atoms with van der Waals surface area (Å²) in [5.41, 5.74) is 4.86. The molecule has 10 nitrogen and oxygen atoms in total. The SMILES string of the molecule is CC1CC1.CSN(C)c1cc(-c2nc(C)nn2C)ccc1Nc1cc(NC=O)nc2nc(C)[nH]c12. The highest BCUT2D eigenvalue weighted by Crippen LogP contribution is 2.36. The minimum absolute atomic E-state index is 0.419. The van der Waals surface area contributed by atoms with Crippen molar-refractivity contribution < 1.29 is 4.79 Å². The number of aryl methyl sites for hydroxylation is 3. The molecule has 1 amide bonds. The van der Waals surface area contributed by atoms with E-state index in [4.69, 9.17) is 0 Å². The Bertz CT molecular complexity index is 1340. The van der Waals surface area contributed by atoms with Crippen LogP contribution in [0.4, 0.5) is 22.9 Å². The highest BCUT2D eigenvalue weighted by atomic mass is 32.2. The van der Waals surface area contributed by atoms with E-state index in [9.17, 15) is 4.79 Å². The lowest BCUT2D eigenvalue weighted by Crippen LogP contribution is -2.09. The van der Waals surface area contributed by atoms with E-state index in [1.807, 2.05) is 46.3 Å². The normalized spacial score (nSPS) is 12.7. The van der Waals surface area contributed by atoms with Crippen LogP contribution in [0.1, 0.15) is 31.4 Å². The number of imidazole rings is 1. The molecule has 184 valence electrons. The summed E-state index contributed by atoms with van der Waals surface area (Å²) in [6, 6.07) is 7.86. The van der Waals surface area contributed by atoms with Gasteiger partial charge in [0.05, 0.1) is 17.1 Å². The third kappa shape index (κ3) is 5.73. The largest absolute Gasteiger partial charge is 0.352 e. The van der Waals surface area contributed by atoms with Gasteiger partial charge in [-0.2, -0.15) is 5.10 Å². The first-order valence-electron chi connectivity index (χ1n) is 11.4. The second kappa shape index (κ2) is 10.3. The minimum Gasteiger partial charge on any atom is -0.352 e. The van der Waals surface area contributed by atoms with Crippen LogP contribution in [0.15, 0.2) is 24.3 Å². The second-order valence-corrected chi connectivity index (χ2v) is 9.58. The van der Waals surface area contributed by atoms with Crippen molar-refractivity contribution >= 4 is 52.4 Å². The Morgan fingerprint density at radius 3 is 2.51 bits per heavy atom. The maximum Gasteiger partial charge on any atom is 0.212 e. The fourth-order valence-electron chi connectivity index (χ4n) is 3.55. The fraction of sp³-hybridized carbons (Fsp3) is 0.375. The van der Waals surface area contributed by atoms with Crippen LogP contribution >= 0.6 is 11.9 Å². The monoisotopic (exact) mass is 493 g/mol. The summed E-state index contributed by atoms with van der Waals surface area (Å²) < 4.78 is 3.84. The molecule has 0 atom stereocenters. The Morgan fingerprint density at radius 1 is 1.17 bits per heavy atom. The fourth-order valence-corrected chi connectivity index (χ4v) is 3.89. The molecule has 0 unspecified atom stereocenters. The van der Waals surface area contributed by atoms with Crippen LogP contribution in [0.3, 0.4) is 0 Å². The molecule has 5 rings (SSSR count). The summed E-state index contributed by atoms with van der Waals surface area (Å²) in [5.74, 6) is 3.77. The minimum atomic E-state index is 0.419. The third-order valence-corrected chi connectivity index (χ3v) is 6.40.